The van der Waals surface area contributed by atoms with Crippen LogP contribution in [0.3, 0.4) is 0 Å². The molecule has 0 aromatic carbocycles. The summed E-state index contributed by atoms with van der Waals surface area (Å²) >= 11 is 5.30. The summed E-state index contributed by atoms with van der Waals surface area (Å²) in [5, 5.41) is 0.810. The Morgan fingerprint density at radius 3 is 1.63 bits per heavy atom. The summed E-state index contributed by atoms with van der Waals surface area (Å²) in [6.07, 6.45) is 23.0. The summed E-state index contributed by atoms with van der Waals surface area (Å²) in [6.45, 7) is 5.90. The van der Waals surface area contributed by atoms with Crippen molar-refractivity contribution in [2.24, 2.45) is 0 Å². The fraction of sp³-hybridized carbons (Fsp3) is 0.957. The predicted molar refractivity (Wildman–Crippen MR) is 125 cm³/mol. The first-order chi connectivity index (χ1) is 13.3. The third-order valence-electron chi connectivity index (χ3n) is 4.92. The smallest absolute Gasteiger partial charge is 0.229 e. The van der Waals surface area contributed by atoms with Gasteiger partial charge in [-0.3, -0.25) is 0 Å². The summed E-state index contributed by atoms with van der Waals surface area (Å²) in [4.78, 5) is 0. The molecule has 0 aliphatic carbocycles. The lowest BCUT2D eigenvalue weighted by molar-refractivity contribution is 0.298. The van der Waals surface area contributed by atoms with Crippen LogP contribution in [0.25, 0.3) is 0 Å². The Morgan fingerprint density at radius 1 is 0.667 bits per heavy atom. The summed E-state index contributed by atoms with van der Waals surface area (Å²) in [5.41, 5.74) is 0. The molecule has 0 spiro atoms. The zero-order chi connectivity index (χ0) is 19.8. The molecule has 2 nitrogen and oxygen atoms in total. The second-order valence-corrected chi connectivity index (χ2v) is 9.13. The molecular weight excluding hydrogens is 368 g/mol. The second kappa shape index (κ2) is 24.1. The van der Waals surface area contributed by atoms with Gasteiger partial charge in [-0.15, -0.1) is 0 Å². The van der Waals surface area contributed by atoms with E-state index in [9.17, 15) is 0 Å². The number of rotatable bonds is 22. The molecule has 0 heterocycles. The molecule has 2 radical (unpaired) electrons. The maximum atomic E-state index is 5.62. The summed E-state index contributed by atoms with van der Waals surface area (Å²) < 4.78 is 11.0. The fourth-order valence-corrected chi connectivity index (χ4v) is 4.08. The van der Waals surface area contributed by atoms with Gasteiger partial charge in [0.15, 0.2) is 5.05 Å². The first-order valence-electron chi connectivity index (χ1n) is 11.8. The third-order valence-corrected chi connectivity index (χ3v) is 6.29. The van der Waals surface area contributed by atoms with Crippen LogP contribution in [0.4, 0.5) is 0 Å². The number of ether oxygens (including phenoxy) is 1. The highest BCUT2D eigenvalue weighted by Crippen LogP contribution is 2.14. The van der Waals surface area contributed by atoms with Crippen LogP contribution in [0.1, 0.15) is 123 Å². The van der Waals surface area contributed by atoms with Gasteiger partial charge in [-0.1, -0.05) is 96.8 Å². The molecule has 0 aromatic rings. The van der Waals surface area contributed by atoms with Gasteiger partial charge in [0.25, 0.3) is 0 Å². The molecule has 0 amide bonds. The summed E-state index contributed by atoms with van der Waals surface area (Å²) in [5.74, 6) is 0. The molecule has 0 saturated carbocycles. The van der Waals surface area contributed by atoms with Crippen molar-refractivity contribution in [2.75, 3.05) is 13.2 Å². The maximum absolute atomic E-state index is 5.62. The average molecular weight is 415 g/mol. The Labute approximate surface area is 178 Å². The number of hydrogen-bond donors (Lipinski definition) is 0. The third kappa shape index (κ3) is 24.0. The zero-order valence-electron chi connectivity index (χ0n) is 18.4. The lowest BCUT2D eigenvalue weighted by atomic mass is 10.0. The van der Waals surface area contributed by atoms with Gasteiger partial charge in [0.05, 0.1) is 6.61 Å². The molecule has 0 N–H and O–H groups in total. The molecule has 0 aliphatic heterocycles. The molecule has 0 atom stereocenters. The minimum atomic E-state index is 0.612. The lowest BCUT2D eigenvalue weighted by Crippen LogP contribution is -2.05. The molecule has 4 heteroatoms. The minimum absolute atomic E-state index is 0.612. The Hall–Kier alpha value is 0.0669. The highest BCUT2D eigenvalue weighted by atomic mass is 32.1. The molecule has 0 fully saturated rings. The molecule has 0 saturated heterocycles. The highest BCUT2D eigenvalue weighted by Gasteiger charge is 1.99. The normalized spacial score (nSPS) is 11.0. The minimum Gasteiger partial charge on any atom is -0.487 e. The first kappa shape index (κ1) is 27.1. The van der Waals surface area contributed by atoms with E-state index in [-0.39, 0.29) is 0 Å². The Bertz CT molecular complexity index is 300. The van der Waals surface area contributed by atoms with E-state index in [1.165, 1.54) is 96.3 Å². The zero-order valence-corrected chi connectivity index (χ0v) is 20.2. The Morgan fingerprint density at radius 2 is 1.15 bits per heavy atom. The van der Waals surface area contributed by atoms with Crippen LogP contribution >= 0.6 is 12.2 Å². The molecule has 0 bridgehead atoms. The van der Waals surface area contributed by atoms with Crippen LogP contribution in [0, 0.1) is 0 Å². The van der Waals surface area contributed by atoms with Gasteiger partial charge < -0.3 is 9.16 Å². The van der Waals surface area contributed by atoms with Gasteiger partial charge in [0.2, 0.25) is 9.76 Å². The SMILES string of the molecule is CCCCCCCCCCCCCCCCCC(=S)OCCC[Si]OCC. The number of thiocarbonyl (C=S) groups is 1. The van der Waals surface area contributed by atoms with E-state index in [1.807, 2.05) is 6.92 Å². The van der Waals surface area contributed by atoms with Crippen molar-refractivity contribution in [1.29, 1.82) is 0 Å². The monoisotopic (exact) mass is 414 g/mol. The highest BCUT2D eigenvalue weighted by molar-refractivity contribution is 7.80. The number of unbranched alkanes of at least 4 members (excludes halogenated alkanes) is 14. The molecule has 0 unspecified atom stereocenters. The van der Waals surface area contributed by atoms with Crippen LogP contribution in [-0.4, -0.2) is 28.0 Å². The van der Waals surface area contributed by atoms with Crippen LogP contribution < -0.4 is 0 Å². The predicted octanol–water partition coefficient (Wildman–Crippen LogP) is 8.06. The van der Waals surface area contributed by atoms with E-state index < -0.39 is 0 Å². The summed E-state index contributed by atoms with van der Waals surface area (Å²) in [6, 6.07) is 1.09. The van der Waals surface area contributed by atoms with Gasteiger partial charge in [-0.25, -0.2) is 0 Å². The van der Waals surface area contributed by atoms with Gasteiger partial charge >= 0.3 is 0 Å². The van der Waals surface area contributed by atoms with E-state index >= 15 is 0 Å². The van der Waals surface area contributed by atoms with Crippen LogP contribution in [0.5, 0.6) is 0 Å². The lowest BCUT2D eigenvalue weighted by Gasteiger charge is -2.07. The Balaban J connectivity index is 3.10. The van der Waals surface area contributed by atoms with Crippen LogP contribution in [0.15, 0.2) is 0 Å². The van der Waals surface area contributed by atoms with Gasteiger partial charge in [-0.05, 0) is 38.0 Å². The van der Waals surface area contributed by atoms with Crippen molar-refractivity contribution in [1.82, 2.24) is 0 Å². The molecular formula is C23H46O2SSi. The van der Waals surface area contributed by atoms with E-state index in [4.69, 9.17) is 21.4 Å². The van der Waals surface area contributed by atoms with Gasteiger partial charge in [0.1, 0.15) is 0 Å². The van der Waals surface area contributed by atoms with Crippen molar-refractivity contribution < 1.29 is 9.16 Å². The van der Waals surface area contributed by atoms with Crippen LogP contribution in [-0.2, 0) is 9.16 Å². The van der Waals surface area contributed by atoms with E-state index in [2.05, 4.69) is 6.92 Å². The number of hydrogen-bond acceptors (Lipinski definition) is 3. The van der Waals surface area contributed by atoms with Crippen molar-refractivity contribution in [2.45, 2.75) is 129 Å². The first-order valence-corrected chi connectivity index (χ1v) is 13.3. The molecule has 0 rings (SSSR count). The standard InChI is InChI=1S/C23H46O2SSi/c1-3-5-6-7-8-9-10-11-12-13-14-15-16-17-18-20-23(26)24-21-19-22-27-25-4-2/h3-22H2,1-2H3. The average Bonchev–Trinajstić information content (AvgIpc) is 2.67. The van der Waals surface area contributed by atoms with Crippen molar-refractivity contribution in [3.05, 3.63) is 0 Å². The van der Waals surface area contributed by atoms with E-state index in [0.29, 0.717) is 9.76 Å². The van der Waals surface area contributed by atoms with Crippen molar-refractivity contribution >= 4 is 27.0 Å². The fourth-order valence-electron chi connectivity index (χ4n) is 3.22. The van der Waals surface area contributed by atoms with Gasteiger partial charge in [0, 0.05) is 13.0 Å². The van der Waals surface area contributed by atoms with Crippen molar-refractivity contribution in [3.8, 4) is 0 Å². The molecule has 160 valence electrons. The van der Waals surface area contributed by atoms with E-state index in [0.717, 1.165) is 37.2 Å². The maximum Gasteiger partial charge on any atom is 0.229 e. The largest absolute Gasteiger partial charge is 0.487 e. The van der Waals surface area contributed by atoms with E-state index in [1.54, 1.807) is 0 Å². The van der Waals surface area contributed by atoms with Crippen molar-refractivity contribution in [3.63, 3.8) is 0 Å². The Kier molecular flexibility index (Phi) is 24.2. The molecule has 0 aliphatic rings. The second-order valence-electron chi connectivity index (χ2n) is 7.60. The molecule has 27 heavy (non-hydrogen) atoms. The molecule has 0 aromatic heterocycles. The van der Waals surface area contributed by atoms with Gasteiger partial charge in [-0.2, -0.15) is 0 Å². The topological polar surface area (TPSA) is 18.5 Å². The summed E-state index contributed by atoms with van der Waals surface area (Å²) in [7, 11) is 0.612. The van der Waals surface area contributed by atoms with Crippen LogP contribution in [0.2, 0.25) is 6.04 Å². The quantitative estimate of drug-likeness (QED) is 0.101.